The molecule has 7 rings (SSSR count). The van der Waals surface area contributed by atoms with Crippen molar-refractivity contribution < 1.29 is 19.3 Å². The molecular weight excluding hydrogens is 554 g/mol. The zero-order valence-corrected chi connectivity index (χ0v) is 22.7. The van der Waals surface area contributed by atoms with Gasteiger partial charge in [0.15, 0.2) is 11.6 Å². The van der Waals surface area contributed by atoms with Gasteiger partial charge in [0.25, 0.3) is 5.69 Å². The molecule has 1 N–H and O–H groups in total. The highest BCUT2D eigenvalue weighted by Crippen LogP contribution is 2.58. The average Bonchev–Trinajstić information content (AvgIpc) is 3.49. The highest BCUT2D eigenvalue weighted by molar-refractivity contribution is 6.31. The number of nitro benzene ring substituents is 1. The van der Waals surface area contributed by atoms with Gasteiger partial charge in [-0.3, -0.25) is 24.5 Å². The maximum atomic E-state index is 14.8. The van der Waals surface area contributed by atoms with E-state index in [0.717, 1.165) is 5.56 Å². The molecule has 1 fully saturated rings. The zero-order chi connectivity index (χ0) is 29.2. The summed E-state index contributed by atoms with van der Waals surface area (Å²) >= 11 is 6.33. The number of rotatable bonds is 5. The van der Waals surface area contributed by atoms with Crippen molar-refractivity contribution in [3.8, 4) is 0 Å². The number of nitrogens with one attached hydrogen (secondary N) is 1. The Hall–Kier alpha value is -5.08. The molecule has 8 nitrogen and oxygen atoms in total. The summed E-state index contributed by atoms with van der Waals surface area (Å²) in [7, 11) is 0. The number of nitrogens with zero attached hydrogens (tertiary/aromatic N) is 2. The summed E-state index contributed by atoms with van der Waals surface area (Å²) in [6.45, 7) is 0. The molecule has 0 unspecified atom stereocenters. The van der Waals surface area contributed by atoms with Crippen LogP contribution in [0.2, 0.25) is 5.02 Å². The van der Waals surface area contributed by atoms with Gasteiger partial charge in [0.05, 0.1) is 16.9 Å². The number of anilines is 2. The van der Waals surface area contributed by atoms with Gasteiger partial charge in [0.2, 0.25) is 5.91 Å². The van der Waals surface area contributed by atoms with Crippen LogP contribution in [0, 0.1) is 16.0 Å². The van der Waals surface area contributed by atoms with Gasteiger partial charge in [0.1, 0.15) is 11.5 Å². The molecule has 4 atom stereocenters. The van der Waals surface area contributed by atoms with Crippen molar-refractivity contribution in [2.45, 2.75) is 17.5 Å². The molecule has 3 heterocycles. The number of carbonyl (C=O) groups is 3. The SMILES string of the molecule is O=C(c1ccccc1)[C@@H]1[C@H](C(=O)c2cccc([N+](=O)[O-])c2)[C@]2(C(=O)Nc3ccccc32)[C@H]2C=Cc3cc(Cl)ccc3N12. The van der Waals surface area contributed by atoms with Crippen LogP contribution in [0.15, 0.2) is 103 Å². The van der Waals surface area contributed by atoms with Gasteiger partial charge in [-0.25, -0.2) is 0 Å². The van der Waals surface area contributed by atoms with Gasteiger partial charge < -0.3 is 10.2 Å². The quantitative estimate of drug-likeness (QED) is 0.175. The summed E-state index contributed by atoms with van der Waals surface area (Å²) < 4.78 is 0. The molecule has 9 heteroatoms. The van der Waals surface area contributed by atoms with E-state index in [1.54, 1.807) is 72.8 Å². The molecule has 3 aliphatic heterocycles. The Morgan fingerprint density at radius 1 is 0.881 bits per heavy atom. The third-order valence-corrected chi connectivity index (χ3v) is 8.78. The van der Waals surface area contributed by atoms with Gasteiger partial charge in [0, 0.05) is 39.7 Å². The van der Waals surface area contributed by atoms with Crippen molar-refractivity contribution in [3.05, 3.63) is 141 Å². The van der Waals surface area contributed by atoms with E-state index in [-0.39, 0.29) is 17.0 Å². The number of fused-ring (bicyclic) bond motifs is 6. The Kier molecular flexibility index (Phi) is 5.85. The maximum absolute atomic E-state index is 14.8. The van der Waals surface area contributed by atoms with Crippen molar-refractivity contribution in [1.29, 1.82) is 0 Å². The van der Waals surface area contributed by atoms with E-state index in [9.17, 15) is 24.5 Å². The van der Waals surface area contributed by atoms with Crippen LogP contribution in [0.5, 0.6) is 0 Å². The average molecular weight is 576 g/mol. The van der Waals surface area contributed by atoms with Gasteiger partial charge in [-0.05, 0) is 35.4 Å². The van der Waals surface area contributed by atoms with Gasteiger partial charge in [-0.15, -0.1) is 0 Å². The van der Waals surface area contributed by atoms with Crippen molar-refractivity contribution in [3.63, 3.8) is 0 Å². The van der Waals surface area contributed by atoms with Gasteiger partial charge in [-0.1, -0.05) is 84.4 Å². The van der Waals surface area contributed by atoms with Crippen molar-refractivity contribution in [2.24, 2.45) is 5.92 Å². The van der Waals surface area contributed by atoms with Crippen LogP contribution in [-0.2, 0) is 10.2 Å². The van der Waals surface area contributed by atoms with Crippen molar-refractivity contribution in [1.82, 2.24) is 0 Å². The lowest BCUT2D eigenvalue weighted by Gasteiger charge is -2.37. The number of amides is 1. The van der Waals surface area contributed by atoms with Crippen LogP contribution in [-0.4, -0.2) is 34.5 Å². The van der Waals surface area contributed by atoms with Crippen LogP contribution in [0.3, 0.4) is 0 Å². The fourth-order valence-electron chi connectivity index (χ4n) is 6.88. The lowest BCUT2D eigenvalue weighted by molar-refractivity contribution is -0.384. The summed E-state index contributed by atoms with van der Waals surface area (Å²) in [4.78, 5) is 56.6. The van der Waals surface area contributed by atoms with E-state index >= 15 is 0 Å². The Balaban J connectivity index is 1.54. The lowest BCUT2D eigenvalue weighted by atomic mass is 9.64. The van der Waals surface area contributed by atoms with Crippen LogP contribution in [0.1, 0.15) is 31.8 Å². The number of halogens is 1. The molecule has 3 aliphatic rings. The largest absolute Gasteiger partial charge is 0.352 e. The molecule has 0 saturated carbocycles. The van der Waals surface area contributed by atoms with E-state index in [0.29, 0.717) is 27.5 Å². The first-order valence-electron chi connectivity index (χ1n) is 13.4. The fraction of sp³-hybridized carbons (Fsp3) is 0.121. The first-order valence-corrected chi connectivity index (χ1v) is 13.7. The van der Waals surface area contributed by atoms with E-state index in [2.05, 4.69) is 5.32 Å². The number of ketones is 2. The second-order valence-electron chi connectivity index (χ2n) is 10.6. The summed E-state index contributed by atoms with van der Waals surface area (Å²) in [5.41, 5.74) is 1.22. The molecule has 4 aromatic rings. The molecule has 1 amide bonds. The molecule has 0 radical (unpaired) electrons. The van der Waals surface area contributed by atoms with Crippen LogP contribution < -0.4 is 10.2 Å². The molecule has 4 aromatic carbocycles. The normalized spacial score (nSPS) is 23.2. The van der Waals surface area contributed by atoms with E-state index in [1.165, 1.54) is 24.3 Å². The van der Waals surface area contributed by atoms with Gasteiger partial charge in [-0.2, -0.15) is 0 Å². The first kappa shape index (κ1) is 25.9. The standard InChI is InChI=1S/C33H22ClN3O5/c34-22-14-15-26-20(17-22)13-16-27-33(24-11-4-5-12-25(24)35-32(33)40)28(30(38)21-9-6-10-23(18-21)37(41)42)29(36(26)27)31(39)19-7-2-1-3-8-19/h1-18,27-29H,(H,35,40)/t27-,28-,29+,33-/m1/s1. The highest BCUT2D eigenvalue weighted by Gasteiger charge is 2.70. The molecule has 1 spiro atoms. The minimum absolute atomic E-state index is 0.0526. The van der Waals surface area contributed by atoms with Crippen molar-refractivity contribution in [2.75, 3.05) is 10.2 Å². The number of carbonyl (C=O) groups excluding carboxylic acids is 3. The summed E-state index contributed by atoms with van der Waals surface area (Å²) in [6.07, 6.45) is 3.72. The predicted molar refractivity (Wildman–Crippen MR) is 159 cm³/mol. The summed E-state index contributed by atoms with van der Waals surface area (Å²) in [5, 5.41) is 15.1. The van der Waals surface area contributed by atoms with Gasteiger partial charge >= 0.3 is 0 Å². The summed E-state index contributed by atoms with van der Waals surface area (Å²) in [5.74, 6) is -2.51. The number of non-ortho nitro benzene ring substituents is 1. The second kappa shape index (κ2) is 9.49. The minimum Gasteiger partial charge on any atom is -0.352 e. The molecular formula is C33H22ClN3O5. The molecule has 42 heavy (non-hydrogen) atoms. The smallest absolute Gasteiger partial charge is 0.270 e. The van der Waals surface area contributed by atoms with Crippen LogP contribution >= 0.6 is 11.6 Å². The maximum Gasteiger partial charge on any atom is 0.270 e. The molecule has 0 aromatic heterocycles. The molecule has 206 valence electrons. The zero-order valence-electron chi connectivity index (χ0n) is 21.9. The monoisotopic (exact) mass is 575 g/mol. The Morgan fingerprint density at radius 2 is 1.62 bits per heavy atom. The number of nitro groups is 1. The fourth-order valence-corrected chi connectivity index (χ4v) is 7.06. The number of para-hydroxylation sites is 1. The number of hydrogen-bond acceptors (Lipinski definition) is 6. The van der Waals surface area contributed by atoms with Crippen LogP contribution in [0.4, 0.5) is 17.1 Å². The topological polar surface area (TPSA) is 110 Å². The Morgan fingerprint density at radius 3 is 2.40 bits per heavy atom. The molecule has 0 bridgehead atoms. The van der Waals surface area contributed by atoms with Crippen LogP contribution in [0.25, 0.3) is 6.08 Å². The lowest BCUT2D eigenvalue weighted by Crippen LogP contribution is -2.51. The molecule has 1 saturated heterocycles. The molecule has 0 aliphatic carbocycles. The van der Waals surface area contributed by atoms with Crippen molar-refractivity contribution >= 4 is 52.2 Å². The van der Waals surface area contributed by atoms with E-state index in [1.807, 2.05) is 17.1 Å². The third-order valence-electron chi connectivity index (χ3n) is 8.55. The number of hydrogen-bond donors (Lipinski definition) is 1. The van der Waals surface area contributed by atoms with E-state index in [4.69, 9.17) is 11.6 Å². The first-order chi connectivity index (χ1) is 20.3. The summed E-state index contributed by atoms with van der Waals surface area (Å²) in [6, 6.07) is 24.7. The Labute approximate surface area is 245 Å². The van der Waals surface area contributed by atoms with E-state index < -0.39 is 40.0 Å². The predicted octanol–water partition coefficient (Wildman–Crippen LogP) is 6.10. The Bertz CT molecular complexity index is 1860. The number of benzene rings is 4. The highest BCUT2D eigenvalue weighted by atomic mass is 35.5. The third kappa shape index (κ3) is 3.58. The minimum atomic E-state index is -1.51. The second-order valence-corrected chi connectivity index (χ2v) is 11.0. The number of Topliss-reactive ketones (excluding diaryl/α,β-unsaturated/α-hetero) is 2.